The number of aryl methyl sites for hydroxylation is 2. The lowest BCUT2D eigenvalue weighted by Crippen LogP contribution is -2.05. The van der Waals surface area contributed by atoms with Crippen molar-refractivity contribution in [3.8, 4) is 0 Å². The number of nitrogens with zero attached hydrogens (tertiary/aromatic N) is 1. The van der Waals surface area contributed by atoms with Crippen LogP contribution in [0.1, 0.15) is 28.9 Å². The van der Waals surface area contributed by atoms with Crippen molar-refractivity contribution >= 4 is 11.7 Å². The normalized spacial score (nSPS) is 13.0. The molecule has 2 N–H and O–H groups in total. The van der Waals surface area contributed by atoms with Gasteiger partial charge in [0.15, 0.2) is 0 Å². The van der Waals surface area contributed by atoms with Crippen LogP contribution in [0, 0.1) is 0 Å². The fourth-order valence-corrected chi connectivity index (χ4v) is 2.72. The van der Waals surface area contributed by atoms with Gasteiger partial charge in [0.1, 0.15) is 0 Å². The Morgan fingerprint density at radius 1 is 1.24 bits per heavy atom. The molecule has 4 heteroatoms. The number of aromatic nitrogens is 1. The highest BCUT2D eigenvalue weighted by molar-refractivity contribution is 5.70. The van der Waals surface area contributed by atoms with Crippen LogP contribution >= 0.6 is 0 Å². The zero-order chi connectivity index (χ0) is 14.7. The number of fused-ring (bicyclic) bond motifs is 1. The van der Waals surface area contributed by atoms with Crippen molar-refractivity contribution in [2.45, 2.75) is 32.2 Å². The Bertz CT molecular complexity index is 668. The Balaban J connectivity index is 1.66. The largest absolute Gasteiger partial charge is 0.481 e. The molecule has 0 radical (unpaired) electrons. The summed E-state index contributed by atoms with van der Waals surface area (Å²) in [6.45, 7) is 0.657. The van der Waals surface area contributed by atoms with Crippen LogP contribution in [0.4, 0.5) is 5.69 Å². The van der Waals surface area contributed by atoms with Gasteiger partial charge in [0.2, 0.25) is 0 Å². The van der Waals surface area contributed by atoms with Crippen LogP contribution in [-0.4, -0.2) is 16.1 Å². The fourth-order valence-electron chi connectivity index (χ4n) is 2.72. The van der Waals surface area contributed by atoms with Crippen LogP contribution in [0.5, 0.6) is 0 Å². The SMILES string of the molecule is O=C(O)Cc1cccc(NCc2ccc3c(n2)CCC3)c1. The first kappa shape index (κ1) is 13.6. The minimum Gasteiger partial charge on any atom is -0.481 e. The third-order valence-corrected chi connectivity index (χ3v) is 3.74. The molecular formula is C17H18N2O2. The van der Waals surface area contributed by atoms with Gasteiger partial charge in [0, 0.05) is 11.4 Å². The highest BCUT2D eigenvalue weighted by Crippen LogP contribution is 2.20. The number of carboxylic acid groups (broad SMARTS) is 1. The average molecular weight is 282 g/mol. The first-order chi connectivity index (χ1) is 10.2. The van der Waals surface area contributed by atoms with Crippen LogP contribution in [0.25, 0.3) is 0 Å². The number of carboxylic acids is 1. The van der Waals surface area contributed by atoms with Crippen molar-refractivity contribution in [1.29, 1.82) is 0 Å². The number of benzene rings is 1. The Kier molecular flexibility index (Phi) is 3.86. The number of anilines is 1. The van der Waals surface area contributed by atoms with Crippen LogP contribution in [0.3, 0.4) is 0 Å². The Hall–Kier alpha value is -2.36. The molecule has 1 aliphatic carbocycles. The summed E-state index contributed by atoms with van der Waals surface area (Å²) in [6.07, 6.45) is 3.48. The van der Waals surface area contributed by atoms with Crippen LogP contribution in [-0.2, 0) is 30.6 Å². The van der Waals surface area contributed by atoms with Crippen molar-refractivity contribution in [2.75, 3.05) is 5.32 Å². The van der Waals surface area contributed by atoms with Gasteiger partial charge in [-0.3, -0.25) is 9.78 Å². The van der Waals surface area contributed by atoms with Gasteiger partial charge in [0.25, 0.3) is 0 Å². The summed E-state index contributed by atoms with van der Waals surface area (Å²) in [5.41, 5.74) is 5.36. The molecule has 0 spiro atoms. The first-order valence-corrected chi connectivity index (χ1v) is 7.23. The average Bonchev–Trinajstić information content (AvgIpc) is 2.92. The van der Waals surface area contributed by atoms with Crippen molar-refractivity contribution in [3.63, 3.8) is 0 Å². The lowest BCUT2D eigenvalue weighted by molar-refractivity contribution is -0.136. The van der Waals surface area contributed by atoms with Gasteiger partial charge in [-0.05, 0) is 48.6 Å². The monoisotopic (exact) mass is 282 g/mol. The van der Waals surface area contributed by atoms with E-state index in [1.165, 1.54) is 17.7 Å². The van der Waals surface area contributed by atoms with Crippen LogP contribution in [0.15, 0.2) is 36.4 Å². The Morgan fingerprint density at radius 3 is 3.00 bits per heavy atom. The van der Waals surface area contributed by atoms with Crippen molar-refractivity contribution in [2.24, 2.45) is 0 Å². The minimum absolute atomic E-state index is 0.0482. The molecular weight excluding hydrogens is 264 g/mol. The Labute approximate surface area is 123 Å². The summed E-state index contributed by atoms with van der Waals surface area (Å²) in [5.74, 6) is -0.813. The quantitative estimate of drug-likeness (QED) is 0.885. The fraction of sp³-hybridized carbons (Fsp3) is 0.294. The highest BCUT2D eigenvalue weighted by Gasteiger charge is 2.12. The molecule has 0 fully saturated rings. The first-order valence-electron chi connectivity index (χ1n) is 7.23. The molecule has 1 aliphatic rings. The summed E-state index contributed by atoms with van der Waals surface area (Å²) < 4.78 is 0. The van der Waals surface area contributed by atoms with E-state index in [-0.39, 0.29) is 6.42 Å². The molecule has 21 heavy (non-hydrogen) atoms. The van der Waals surface area contributed by atoms with E-state index in [1.54, 1.807) is 0 Å². The van der Waals surface area contributed by atoms with E-state index in [0.29, 0.717) is 6.54 Å². The highest BCUT2D eigenvalue weighted by atomic mass is 16.4. The standard InChI is InChI=1S/C17H18N2O2/c20-17(21)10-12-3-1-5-14(9-12)18-11-15-8-7-13-4-2-6-16(13)19-15/h1,3,5,7-9,18H,2,4,6,10-11H2,(H,20,21). The lowest BCUT2D eigenvalue weighted by Gasteiger charge is -2.08. The molecule has 0 amide bonds. The van der Waals surface area contributed by atoms with E-state index in [1.807, 2.05) is 24.3 Å². The predicted molar refractivity (Wildman–Crippen MR) is 81.4 cm³/mol. The second-order valence-electron chi connectivity index (χ2n) is 5.39. The lowest BCUT2D eigenvalue weighted by atomic mass is 10.1. The van der Waals surface area contributed by atoms with E-state index < -0.39 is 5.97 Å². The van der Waals surface area contributed by atoms with Gasteiger partial charge in [-0.2, -0.15) is 0 Å². The molecule has 4 nitrogen and oxygen atoms in total. The van der Waals surface area contributed by atoms with Crippen molar-refractivity contribution < 1.29 is 9.90 Å². The number of carbonyl (C=O) groups is 1. The number of pyridine rings is 1. The molecule has 0 saturated heterocycles. The molecule has 0 bridgehead atoms. The van der Waals surface area contributed by atoms with E-state index in [9.17, 15) is 4.79 Å². The van der Waals surface area contributed by atoms with Crippen molar-refractivity contribution in [1.82, 2.24) is 4.98 Å². The second-order valence-corrected chi connectivity index (χ2v) is 5.39. The molecule has 1 aromatic heterocycles. The molecule has 0 aliphatic heterocycles. The van der Waals surface area contributed by atoms with E-state index in [2.05, 4.69) is 22.4 Å². The van der Waals surface area contributed by atoms with Crippen LogP contribution < -0.4 is 5.32 Å². The number of hydrogen-bond donors (Lipinski definition) is 2. The molecule has 108 valence electrons. The zero-order valence-corrected chi connectivity index (χ0v) is 11.8. The van der Waals surface area contributed by atoms with Crippen LogP contribution in [0.2, 0.25) is 0 Å². The summed E-state index contributed by atoms with van der Waals surface area (Å²) in [7, 11) is 0. The molecule has 1 aromatic carbocycles. The predicted octanol–water partition coefficient (Wildman–Crippen LogP) is 2.81. The van der Waals surface area contributed by atoms with Crippen molar-refractivity contribution in [3.05, 3.63) is 58.9 Å². The topological polar surface area (TPSA) is 62.2 Å². The minimum atomic E-state index is -0.813. The maximum absolute atomic E-state index is 10.7. The van der Waals surface area contributed by atoms with Gasteiger partial charge in [-0.25, -0.2) is 0 Å². The summed E-state index contributed by atoms with van der Waals surface area (Å²) in [6, 6.07) is 11.8. The van der Waals surface area contributed by atoms with E-state index in [0.717, 1.165) is 29.8 Å². The molecule has 1 heterocycles. The van der Waals surface area contributed by atoms with Gasteiger partial charge in [0.05, 0.1) is 18.7 Å². The summed E-state index contributed by atoms with van der Waals surface area (Å²) >= 11 is 0. The number of hydrogen-bond acceptors (Lipinski definition) is 3. The smallest absolute Gasteiger partial charge is 0.307 e. The third kappa shape index (κ3) is 3.40. The van der Waals surface area contributed by atoms with Gasteiger partial charge in [-0.1, -0.05) is 18.2 Å². The van der Waals surface area contributed by atoms with Gasteiger partial charge >= 0.3 is 5.97 Å². The number of nitrogens with one attached hydrogen (secondary N) is 1. The van der Waals surface area contributed by atoms with Gasteiger partial charge in [-0.15, -0.1) is 0 Å². The Morgan fingerprint density at radius 2 is 2.14 bits per heavy atom. The molecule has 2 aromatic rings. The summed E-state index contributed by atoms with van der Waals surface area (Å²) in [5, 5.41) is 12.1. The van der Waals surface area contributed by atoms with Gasteiger partial charge < -0.3 is 10.4 Å². The molecule has 0 saturated carbocycles. The molecule has 3 rings (SSSR count). The summed E-state index contributed by atoms with van der Waals surface area (Å²) in [4.78, 5) is 15.4. The molecule has 0 atom stereocenters. The maximum Gasteiger partial charge on any atom is 0.307 e. The maximum atomic E-state index is 10.7. The van der Waals surface area contributed by atoms with E-state index in [4.69, 9.17) is 5.11 Å². The van der Waals surface area contributed by atoms with E-state index >= 15 is 0 Å². The molecule has 0 unspecified atom stereocenters. The second kappa shape index (κ2) is 5.95. The zero-order valence-electron chi connectivity index (χ0n) is 11.8. The number of aliphatic carboxylic acids is 1. The third-order valence-electron chi connectivity index (χ3n) is 3.74. The number of rotatable bonds is 5.